The first kappa shape index (κ1) is 27.6. The highest BCUT2D eigenvalue weighted by molar-refractivity contribution is 6.35. The average Bonchev–Trinajstić information content (AvgIpc) is 2.90. The standard InChI is InChI=1S/C29H33Cl2N5O3/c1-34-8-10-36(11-9-34)27-3-2-25(18-32-27)39-28-13-21(19-35-6-4-20(5-7-35)14-29(37)38)12-26(33-28)22-15-23(30)17-24(31)16-22/h2-3,12-13,15-18,20H,4-11,14,19H2,1H3,(H,37,38). The molecule has 0 atom stereocenters. The van der Waals surface area contributed by atoms with Crippen LogP contribution in [0.4, 0.5) is 5.82 Å². The summed E-state index contributed by atoms with van der Waals surface area (Å²) in [4.78, 5) is 27.5. The minimum Gasteiger partial charge on any atom is -0.481 e. The summed E-state index contributed by atoms with van der Waals surface area (Å²) < 4.78 is 6.20. The van der Waals surface area contributed by atoms with E-state index in [1.807, 2.05) is 36.4 Å². The Morgan fingerprint density at radius 1 is 1.00 bits per heavy atom. The number of halogens is 2. The molecule has 2 aromatic heterocycles. The van der Waals surface area contributed by atoms with Crippen molar-refractivity contribution in [2.75, 3.05) is 51.2 Å². The summed E-state index contributed by atoms with van der Waals surface area (Å²) in [6.07, 6.45) is 3.74. The van der Waals surface area contributed by atoms with Gasteiger partial charge in [0.2, 0.25) is 5.88 Å². The van der Waals surface area contributed by atoms with Crippen molar-refractivity contribution in [3.63, 3.8) is 0 Å². The quantitative estimate of drug-likeness (QED) is 0.371. The van der Waals surface area contributed by atoms with Gasteiger partial charge in [-0.2, -0.15) is 0 Å². The summed E-state index contributed by atoms with van der Waals surface area (Å²) in [5.41, 5.74) is 2.57. The summed E-state index contributed by atoms with van der Waals surface area (Å²) in [7, 11) is 2.13. The zero-order valence-corrected chi connectivity index (χ0v) is 23.5. The van der Waals surface area contributed by atoms with Crippen molar-refractivity contribution in [1.29, 1.82) is 0 Å². The van der Waals surface area contributed by atoms with Crippen LogP contribution in [0.5, 0.6) is 11.6 Å². The van der Waals surface area contributed by atoms with Crippen LogP contribution in [-0.2, 0) is 11.3 Å². The van der Waals surface area contributed by atoms with E-state index >= 15 is 0 Å². The zero-order valence-electron chi connectivity index (χ0n) is 22.0. The van der Waals surface area contributed by atoms with Crippen molar-refractivity contribution in [1.82, 2.24) is 19.8 Å². The second kappa shape index (κ2) is 12.5. The molecule has 0 amide bonds. The number of carboxylic acids is 1. The van der Waals surface area contributed by atoms with Crippen LogP contribution >= 0.6 is 23.2 Å². The first-order valence-corrected chi connectivity index (χ1v) is 14.1. The number of aliphatic carboxylic acids is 1. The minimum atomic E-state index is -0.722. The number of carboxylic acid groups (broad SMARTS) is 1. The van der Waals surface area contributed by atoms with Crippen LogP contribution in [0.1, 0.15) is 24.8 Å². The van der Waals surface area contributed by atoms with Crippen molar-refractivity contribution in [3.05, 3.63) is 64.3 Å². The molecule has 0 radical (unpaired) electrons. The molecule has 8 nitrogen and oxygen atoms in total. The first-order valence-electron chi connectivity index (χ1n) is 13.3. The van der Waals surface area contributed by atoms with Gasteiger partial charge in [-0.25, -0.2) is 9.97 Å². The Morgan fingerprint density at radius 2 is 1.72 bits per heavy atom. The smallest absolute Gasteiger partial charge is 0.303 e. The van der Waals surface area contributed by atoms with E-state index in [9.17, 15) is 4.79 Å². The molecule has 5 rings (SSSR count). The van der Waals surface area contributed by atoms with Crippen molar-refractivity contribution in [2.45, 2.75) is 25.8 Å². The molecule has 2 aliphatic heterocycles. The topological polar surface area (TPSA) is 82.0 Å². The maximum absolute atomic E-state index is 11.1. The third-order valence-electron chi connectivity index (χ3n) is 7.37. The fraction of sp³-hybridized carbons (Fsp3) is 0.414. The molecule has 2 aliphatic rings. The van der Waals surface area contributed by atoms with Gasteiger partial charge >= 0.3 is 5.97 Å². The normalized spacial score (nSPS) is 17.4. The molecule has 0 saturated carbocycles. The van der Waals surface area contributed by atoms with Crippen molar-refractivity contribution in [2.24, 2.45) is 5.92 Å². The van der Waals surface area contributed by atoms with E-state index in [-0.39, 0.29) is 12.3 Å². The summed E-state index contributed by atoms with van der Waals surface area (Å²) in [5.74, 6) is 1.54. The van der Waals surface area contributed by atoms with E-state index in [1.54, 1.807) is 12.3 Å². The predicted molar refractivity (Wildman–Crippen MR) is 154 cm³/mol. The number of hydrogen-bond acceptors (Lipinski definition) is 7. The number of likely N-dealkylation sites (tertiary alicyclic amines) is 1. The predicted octanol–water partition coefficient (Wildman–Crippen LogP) is 5.68. The number of aromatic nitrogens is 2. The van der Waals surface area contributed by atoms with E-state index in [1.165, 1.54) is 0 Å². The number of piperazine rings is 1. The number of piperidine rings is 1. The van der Waals surface area contributed by atoms with E-state index in [0.29, 0.717) is 28.2 Å². The lowest BCUT2D eigenvalue weighted by Gasteiger charge is -2.33. The summed E-state index contributed by atoms with van der Waals surface area (Å²) >= 11 is 12.6. The van der Waals surface area contributed by atoms with Crippen molar-refractivity contribution in [3.8, 4) is 22.9 Å². The summed E-state index contributed by atoms with van der Waals surface area (Å²) in [6, 6.07) is 13.3. The summed E-state index contributed by atoms with van der Waals surface area (Å²) in [5, 5.41) is 10.2. The number of ether oxygens (including phenoxy) is 1. The molecular formula is C29H33Cl2N5O3. The zero-order chi connectivity index (χ0) is 27.4. The second-order valence-electron chi connectivity index (χ2n) is 10.4. The van der Waals surface area contributed by atoms with Gasteiger partial charge < -0.3 is 19.6 Å². The Labute approximate surface area is 239 Å². The molecule has 206 valence electrons. The van der Waals surface area contributed by atoms with E-state index < -0.39 is 5.97 Å². The maximum atomic E-state index is 11.1. The Kier molecular flexibility index (Phi) is 8.87. The molecule has 1 aromatic carbocycles. The number of carbonyl (C=O) groups is 1. The SMILES string of the molecule is CN1CCN(c2ccc(Oc3cc(CN4CCC(CC(=O)O)CC4)cc(-c4cc(Cl)cc(Cl)c4)n3)cn2)CC1. The first-order chi connectivity index (χ1) is 18.8. The Balaban J connectivity index is 1.35. The molecule has 0 aliphatic carbocycles. The third kappa shape index (κ3) is 7.60. The molecule has 1 N–H and O–H groups in total. The molecule has 2 saturated heterocycles. The summed E-state index contributed by atoms with van der Waals surface area (Å²) in [6.45, 7) is 6.35. The van der Waals surface area contributed by atoms with Crippen LogP contribution < -0.4 is 9.64 Å². The molecule has 10 heteroatoms. The van der Waals surface area contributed by atoms with Gasteiger partial charge in [0.25, 0.3) is 0 Å². The van der Waals surface area contributed by atoms with Crippen LogP contribution in [0.25, 0.3) is 11.3 Å². The van der Waals surface area contributed by atoms with Gasteiger partial charge in [-0.15, -0.1) is 0 Å². The van der Waals surface area contributed by atoms with E-state index in [0.717, 1.165) is 74.7 Å². The number of hydrogen-bond donors (Lipinski definition) is 1. The lowest BCUT2D eigenvalue weighted by Crippen LogP contribution is -2.44. The lowest BCUT2D eigenvalue weighted by atomic mass is 9.93. The largest absolute Gasteiger partial charge is 0.481 e. The number of likely N-dealkylation sites (N-methyl/N-ethyl adjacent to an activating group) is 1. The van der Waals surface area contributed by atoms with Gasteiger partial charge in [0, 0.05) is 60.8 Å². The van der Waals surface area contributed by atoms with Crippen LogP contribution in [0, 0.1) is 5.92 Å². The van der Waals surface area contributed by atoms with Crippen molar-refractivity contribution < 1.29 is 14.6 Å². The number of pyridine rings is 2. The van der Waals surface area contributed by atoms with Crippen molar-refractivity contribution >= 4 is 35.0 Å². The highest BCUT2D eigenvalue weighted by Gasteiger charge is 2.22. The van der Waals surface area contributed by atoms with E-state index in [2.05, 4.69) is 26.7 Å². The average molecular weight is 571 g/mol. The van der Waals surface area contributed by atoms with Gasteiger partial charge in [0.15, 0.2) is 0 Å². The van der Waals surface area contributed by atoms with Crippen LogP contribution in [0.3, 0.4) is 0 Å². The highest BCUT2D eigenvalue weighted by atomic mass is 35.5. The molecule has 0 bridgehead atoms. The van der Waals surface area contributed by atoms with Crippen LogP contribution in [-0.4, -0.2) is 77.2 Å². The molecule has 0 unspecified atom stereocenters. The molecule has 4 heterocycles. The van der Waals surface area contributed by atoms with Crippen LogP contribution in [0.15, 0.2) is 48.7 Å². The monoisotopic (exact) mass is 569 g/mol. The fourth-order valence-corrected chi connectivity index (χ4v) is 5.71. The fourth-order valence-electron chi connectivity index (χ4n) is 5.18. The molecule has 2 fully saturated rings. The van der Waals surface area contributed by atoms with Gasteiger partial charge in [0.1, 0.15) is 11.6 Å². The number of anilines is 1. The van der Waals surface area contributed by atoms with Gasteiger partial charge in [-0.05, 0) is 80.9 Å². The number of benzene rings is 1. The Morgan fingerprint density at radius 3 is 2.36 bits per heavy atom. The lowest BCUT2D eigenvalue weighted by molar-refractivity contribution is -0.138. The van der Waals surface area contributed by atoms with Gasteiger partial charge in [-0.1, -0.05) is 23.2 Å². The van der Waals surface area contributed by atoms with Gasteiger partial charge in [-0.3, -0.25) is 9.69 Å². The third-order valence-corrected chi connectivity index (χ3v) is 7.80. The van der Waals surface area contributed by atoms with E-state index in [4.69, 9.17) is 38.0 Å². The molecule has 0 spiro atoms. The Hall–Kier alpha value is -2.91. The number of nitrogens with zero attached hydrogens (tertiary/aromatic N) is 5. The van der Waals surface area contributed by atoms with Gasteiger partial charge in [0.05, 0.1) is 11.9 Å². The molecular weight excluding hydrogens is 537 g/mol. The second-order valence-corrected chi connectivity index (χ2v) is 11.3. The molecule has 3 aromatic rings. The van der Waals surface area contributed by atoms with Crippen LogP contribution in [0.2, 0.25) is 10.0 Å². The molecule has 39 heavy (non-hydrogen) atoms. The maximum Gasteiger partial charge on any atom is 0.303 e. The Bertz CT molecular complexity index is 1270. The minimum absolute atomic E-state index is 0.237. The highest BCUT2D eigenvalue weighted by Crippen LogP contribution is 2.31. The number of rotatable bonds is 8.